The minimum Gasteiger partial charge on any atom is -0.383 e. The molecule has 1 heterocycles. The summed E-state index contributed by atoms with van der Waals surface area (Å²) in [6.07, 6.45) is 0. The van der Waals surface area contributed by atoms with E-state index in [9.17, 15) is 0 Å². The van der Waals surface area contributed by atoms with Crippen molar-refractivity contribution < 1.29 is 4.74 Å². The van der Waals surface area contributed by atoms with Gasteiger partial charge in [-0.2, -0.15) is 0 Å². The summed E-state index contributed by atoms with van der Waals surface area (Å²) in [5, 5.41) is 9.86. The van der Waals surface area contributed by atoms with Gasteiger partial charge in [0.15, 0.2) is 5.96 Å². The molecule has 2 aromatic rings. The molecule has 0 fully saturated rings. The number of aromatic nitrogens is 1. The van der Waals surface area contributed by atoms with Gasteiger partial charge in [0.25, 0.3) is 0 Å². The molecule has 0 amide bonds. The lowest BCUT2D eigenvalue weighted by Crippen LogP contribution is -2.38. The molecular weight excluding hydrogens is 473 g/mol. The Balaban J connectivity index is 0.00000364. The molecule has 27 heavy (non-hydrogen) atoms. The number of guanidine groups is 1. The molecule has 0 spiro atoms. The molecule has 0 radical (unpaired) electrons. The number of anilines is 1. The minimum absolute atomic E-state index is 0. The molecule has 0 saturated heterocycles. The van der Waals surface area contributed by atoms with Gasteiger partial charge in [-0.05, 0) is 31.5 Å². The van der Waals surface area contributed by atoms with Crippen molar-refractivity contribution in [2.75, 3.05) is 39.2 Å². The van der Waals surface area contributed by atoms with Crippen LogP contribution in [0.15, 0.2) is 34.6 Å². The number of aryl methyl sites for hydroxylation is 1. The Morgan fingerprint density at radius 1 is 1.30 bits per heavy atom. The van der Waals surface area contributed by atoms with Crippen molar-refractivity contribution in [1.29, 1.82) is 0 Å². The second-order valence-corrected chi connectivity index (χ2v) is 7.06. The van der Waals surface area contributed by atoms with Gasteiger partial charge in [-0.3, -0.25) is 0 Å². The lowest BCUT2D eigenvalue weighted by atomic mass is 10.2. The van der Waals surface area contributed by atoms with Gasteiger partial charge in [-0.25, -0.2) is 9.98 Å². The fourth-order valence-corrected chi connectivity index (χ4v) is 3.06. The van der Waals surface area contributed by atoms with Crippen molar-refractivity contribution in [3.63, 3.8) is 0 Å². The summed E-state index contributed by atoms with van der Waals surface area (Å²) in [5.74, 6) is 0.889. The zero-order valence-corrected chi connectivity index (χ0v) is 19.6. The van der Waals surface area contributed by atoms with Crippen LogP contribution < -0.4 is 10.6 Å². The van der Waals surface area contributed by atoms with Crippen molar-refractivity contribution in [3.8, 4) is 0 Å². The summed E-state index contributed by atoms with van der Waals surface area (Å²) >= 11 is 1.68. The number of rotatable bonds is 9. The van der Waals surface area contributed by atoms with Gasteiger partial charge in [0, 0.05) is 38.3 Å². The molecule has 1 aromatic carbocycles. The van der Waals surface area contributed by atoms with E-state index >= 15 is 0 Å². The number of methoxy groups -OCH3 is 1. The van der Waals surface area contributed by atoms with Gasteiger partial charge >= 0.3 is 0 Å². The van der Waals surface area contributed by atoms with Crippen LogP contribution in [-0.2, 0) is 17.8 Å². The average Bonchev–Trinajstić information content (AvgIpc) is 3.04. The molecule has 1 aromatic heterocycles. The fraction of sp³-hybridized carbons (Fsp3) is 0.474. The normalized spacial score (nSPS) is 11.0. The van der Waals surface area contributed by atoms with Crippen molar-refractivity contribution >= 4 is 47.0 Å². The van der Waals surface area contributed by atoms with Gasteiger partial charge < -0.3 is 20.3 Å². The van der Waals surface area contributed by atoms with Gasteiger partial charge in [0.05, 0.1) is 30.4 Å². The largest absolute Gasteiger partial charge is 0.383 e. The first kappa shape index (κ1) is 23.6. The van der Waals surface area contributed by atoms with Crippen LogP contribution in [0.5, 0.6) is 0 Å². The van der Waals surface area contributed by atoms with Gasteiger partial charge in [-0.15, -0.1) is 35.3 Å². The molecule has 0 unspecified atom stereocenters. The standard InChI is InChI=1S/C19H29N5OS.HI/c1-5-20-19(24(3)13-18-14-26-15(2)23-18)22-12-16-6-8-17(9-7-16)21-10-11-25-4;/h6-9,14,21H,5,10-13H2,1-4H3,(H,20,22);1H. The van der Waals surface area contributed by atoms with E-state index in [1.54, 1.807) is 18.4 Å². The summed E-state index contributed by atoms with van der Waals surface area (Å²) in [7, 11) is 3.75. The van der Waals surface area contributed by atoms with Crippen molar-refractivity contribution in [3.05, 3.63) is 45.9 Å². The minimum atomic E-state index is 0. The van der Waals surface area contributed by atoms with Crippen LogP contribution in [0, 0.1) is 6.92 Å². The molecular formula is C19H30IN5OS. The number of ether oxygens (including phenoxy) is 1. The van der Waals surface area contributed by atoms with Crippen LogP contribution in [0.4, 0.5) is 5.69 Å². The Bertz CT molecular complexity index is 690. The Labute approximate surface area is 183 Å². The predicted octanol–water partition coefficient (Wildman–Crippen LogP) is 3.73. The number of halogens is 1. The van der Waals surface area contributed by atoms with Crippen molar-refractivity contribution in [1.82, 2.24) is 15.2 Å². The maximum Gasteiger partial charge on any atom is 0.194 e. The summed E-state index contributed by atoms with van der Waals surface area (Å²) in [6, 6.07) is 8.36. The van der Waals surface area contributed by atoms with E-state index in [1.807, 2.05) is 14.0 Å². The highest BCUT2D eigenvalue weighted by atomic mass is 127. The lowest BCUT2D eigenvalue weighted by molar-refractivity contribution is 0.211. The molecule has 150 valence electrons. The van der Waals surface area contributed by atoms with Crippen LogP contribution in [0.25, 0.3) is 0 Å². The third-order valence-electron chi connectivity index (χ3n) is 3.76. The first-order chi connectivity index (χ1) is 12.6. The van der Waals surface area contributed by atoms with Crippen molar-refractivity contribution in [2.45, 2.75) is 26.9 Å². The maximum absolute atomic E-state index is 5.05. The third-order valence-corrected chi connectivity index (χ3v) is 4.59. The second kappa shape index (κ2) is 12.9. The van der Waals surface area contributed by atoms with E-state index < -0.39 is 0 Å². The Morgan fingerprint density at radius 3 is 2.63 bits per heavy atom. The number of thiazole rings is 1. The SMILES string of the molecule is CCNC(=NCc1ccc(NCCOC)cc1)N(C)Cc1csc(C)n1.I. The van der Waals surface area contributed by atoms with Crippen LogP contribution >= 0.6 is 35.3 Å². The van der Waals surface area contributed by atoms with Gasteiger partial charge in [-0.1, -0.05) is 12.1 Å². The van der Waals surface area contributed by atoms with Gasteiger partial charge in [0.1, 0.15) is 0 Å². The number of nitrogens with zero attached hydrogens (tertiary/aromatic N) is 3. The molecule has 0 aliphatic heterocycles. The summed E-state index contributed by atoms with van der Waals surface area (Å²) < 4.78 is 5.05. The summed E-state index contributed by atoms with van der Waals surface area (Å²) in [4.78, 5) is 11.4. The van der Waals surface area contributed by atoms with Crippen LogP contribution in [0.3, 0.4) is 0 Å². The molecule has 2 N–H and O–H groups in total. The highest BCUT2D eigenvalue weighted by Gasteiger charge is 2.08. The molecule has 8 heteroatoms. The molecule has 0 atom stereocenters. The quantitative estimate of drug-likeness (QED) is 0.237. The number of hydrogen-bond acceptors (Lipinski definition) is 5. The lowest BCUT2D eigenvalue weighted by Gasteiger charge is -2.21. The van der Waals surface area contributed by atoms with Gasteiger partial charge in [0.2, 0.25) is 0 Å². The number of nitrogens with one attached hydrogen (secondary N) is 2. The maximum atomic E-state index is 5.05. The molecule has 0 saturated carbocycles. The molecule has 0 aliphatic rings. The molecule has 6 nitrogen and oxygen atoms in total. The smallest absolute Gasteiger partial charge is 0.194 e. The van der Waals surface area contributed by atoms with Crippen molar-refractivity contribution in [2.24, 2.45) is 4.99 Å². The zero-order chi connectivity index (χ0) is 18.8. The Hall–Kier alpha value is -1.39. The number of benzene rings is 1. The first-order valence-corrected chi connectivity index (χ1v) is 9.72. The van der Waals surface area contributed by atoms with Crippen LogP contribution in [0.2, 0.25) is 0 Å². The zero-order valence-electron chi connectivity index (χ0n) is 16.5. The average molecular weight is 503 g/mol. The van der Waals surface area contributed by atoms with Crippen LogP contribution in [0.1, 0.15) is 23.2 Å². The van der Waals surface area contributed by atoms with E-state index in [0.29, 0.717) is 13.2 Å². The Morgan fingerprint density at radius 2 is 2.04 bits per heavy atom. The predicted molar refractivity (Wildman–Crippen MR) is 125 cm³/mol. The first-order valence-electron chi connectivity index (χ1n) is 8.84. The highest BCUT2D eigenvalue weighted by Crippen LogP contribution is 2.12. The number of aliphatic imine (C=N–C) groups is 1. The summed E-state index contributed by atoms with van der Waals surface area (Å²) in [6.45, 7) is 7.84. The van der Waals surface area contributed by atoms with E-state index in [4.69, 9.17) is 9.73 Å². The monoisotopic (exact) mass is 503 g/mol. The van der Waals surface area contributed by atoms with E-state index in [2.05, 4.69) is 57.1 Å². The molecule has 0 aliphatic carbocycles. The number of hydrogen-bond donors (Lipinski definition) is 2. The molecule has 0 bridgehead atoms. The molecule has 2 rings (SSSR count). The second-order valence-electron chi connectivity index (χ2n) is 6.00. The van der Waals surface area contributed by atoms with E-state index in [1.165, 1.54) is 5.56 Å². The fourth-order valence-electron chi connectivity index (χ4n) is 2.46. The van der Waals surface area contributed by atoms with Crippen LogP contribution in [-0.4, -0.2) is 49.7 Å². The third kappa shape index (κ3) is 8.44. The topological polar surface area (TPSA) is 61.8 Å². The van der Waals surface area contributed by atoms with E-state index in [-0.39, 0.29) is 24.0 Å². The summed E-state index contributed by atoms with van der Waals surface area (Å²) in [5.41, 5.74) is 3.35. The highest BCUT2D eigenvalue weighted by molar-refractivity contribution is 14.0. The Kier molecular flexibility index (Phi) is 11.3. The van der Waals surface area contributed by atoms with E-state index in [0.717, 1.165) is 42.0 Å².